The van der Waals surface area contributed by atoms with Crippen LogP contribution in [0.15, 0.2) is 22.9 Å². The first kappa shape index (κ1) is 36.1. The lowest BCUT2D eigenvalue weighted by molar-refractivity contribution is -0.136. The number of ether oxygens (including phenoxy) is 6. The van der Waals surface area contributed by atoms with Crippen LogP contribution in [0.2, 0.25) is 0 Å². The van der Waals surface area contributed by atoms with Crippen LogP contribution >= 0.6 is 0 Å². The Kier molecular flexibility index (Phi) is 16.0. The molecule has 0 unspecified atom stereocenters. The molecular formula is C31H55NO8. The number of rotatable bonds is 17. The Labute approximate surface area is 242 Å². The molecular weight excluding hydrogens is 514 g/mol. The van der Waals surface area contributed by atoms with Gasteiger partial charge in [-0.1, -0.05) is 46.1 Å². The summed E-state index contributed by atoms with van der Waals surface area (Å²) in [5.74, 6) is -0.588. The third kappa shape index (κ3) is 10.8. The highest BCUT2D eigenvalue weighted by Crippen LogP contribution is 2.41. The van der Waals surface area contributed by atoms with E-state index >= 15 is 0 Å². The lowest BCUT2D eigenvalue weighted by atomic mass is 9.86. The molecule has 1 N–H and O–H groups in total. The number of nitrogens with one attached hydrogen (secondary N) is 1. The molecule has 9 nitrogen and oxygen atoms in total. The van der Waals surface area contributed by atoms with E-state index < -0.39 is 41.6 Å². The molecule has 4 atom stereocenters. The molecule has 0 aromatic rings. The van der Waals surface area contributed by atoms with Crippen molar-refractivity contribution < 1.29 is 38.0 Å². The van der Waals surface area contributed by atoms with Crippen molar-refractivity contribution in [2.75, 3.05) is 33.5 Å². The molecule has 0 spiro atoms. The molecule has 232 valence electrons. The van der Waals surface area contributed by atoms with Crippen LogP contribution in [-0.2, 0) is 33.2 Å². The molecule has 0 bridgehead atoms. The number of carbonyl (C=O) groups excluding carboxylic acids is 2. The largest absolute Gasteiger partial charge is 0.465 e. The summed E-state index contributed by atoms with van der Waals surface area (Å²) in [6, 6.07) is 0. The average Bonchev–Trinajstić information content (AvgIpc) is 3.16. The maximum absolute atomic E-state index is 12.9. The van der Waals surface area contributed by atoms with Gasteiger partial charge in [-0.25, -0.2) is 9.59 Å². The number of amides is 1. The Balaban J connectivity index is 3.65. The summed E-state index contributed by atoms with van der Waals surface area (Å²) in [5, 5.41) is 2.81. The van der Waals surface area contributed by atoms with E-state index in [2.05, 4.69) is 26.1 Å². The number of hydrogen-bond acceptors (Lipinski definition) is 8. The fourth-order valence-electron chi connectivity index (χ4n) is 4.62. The van der Waals surface area contributed by atoms with Crippen molar-refractivity contribution in [3.05, 3.63) is 22.9 Å². The quantitative estimate of drug-likeness (QED) is 0.0949. The molecule has 1 rings (SSSR count). The van der Waals surface area contributed by atoms with E-state index in [4.69, 9.17) is 28.4 Å². The van der Waals surface area contributed by atoms with Crippen LogP contribution in [0.3, 0.4) is 0 Å². The van der Waals surface area contributed by atoms with Gasteiger partial charge in [-0.15, -0.1) is 0 Å². The predicted molar refractivity (Wildman–Crippen MR) is 156 cm³/mol. The maximum atomic E-state index is 12.9. The minimum Gasteiger partial charge on any atom is -0.465 e. The molecule has 1 aliphatic heterocycles. The highest BCUT2D eigenvalue weighted by Gasteiger charge is 2.56. The zero-order valence-corrected chi connectivity index (χ0v) is 26.6. The molecule has 0 aliphatic carbocycles. The zero-order valence-electron chi connectivity index (χ0n) is 26.6. The van der Waals surface area contributed by atoms with Crippen molar-refractivity contribution in [3.63, 3.8) is 0 Å². The van der Waals surface area contributed by atoms with E-state index in [1.54, 1.807) is 33.8 Å². The number of unbranched alkanes of at least 4 members (excludes halogenated alkanes) is 3. The Bertz CT molecular complexity index is 847. The monoisotopic (exact) mass is 569 g/mol. The number of allylic oxidation sites excluding steroid dienone is 1. The second kappa shape index (κ2) is 17.8. The number of hydrogen-bond donors (Lipinski definition) is 1. The minimum absolute atomic E-state index is 0.191. The first-order valence-corrected chi connectivity index (χ1v) is 14.8. The van der Waals surface area contributed by atoms with Crippen LogP contribution in [0.5, 0.6) is 0 Å². The van der Waals surface area contributed by atoms with Gasteiger partial charge < -0.3 is 28.4 Å². The predicted octanol–water partition coefficient (Wildman–Crippen LogP) is 6.25. The smallest absolute Gasteiger partial charge is 0.412 e. The van der Waals surface area contributed by atoms with Gasteiger partial charge in [0.2, 0.25) is 0 Å². The summed E-state index contributed by atoms with van der Waals surface area (Å²) < 4.78 is 36.3. The summed E-state index contributed by atoms with van der Waals surface area (Å²) in [6.07, 6.45) is 5.16. The first-order chi connectivity index (χ1) is 18.9. The SMILES string of the molecule is C/C=C(C(=O)OC)\C(NC(=O)OC(C)(C)C)=C(/C)[C@@H]1O[C@H](COCCCC)[C@@H](OCCCC)[C@@]1(C)OCCCC. The van der Waals surface area contributed by atoms with Gasteiger partial charge in [0.1, 0.15) is 29.5 Å². The maximum Gasteiger partial charge on any atom is 0.412 e. The Morgan fingerprint density at radius 2 is 1.60 bits per heavy atom. The first-order valence-electron chi connectivity index (χ1n) is 14.8. The Morgan fingerprint density at radius 3 is 2.15 bits per heavy atom. The van der Waals surface area contributed by atoms with Gasteiger partial charge in [0.05, 0.1) is 25.0 Å². The van der Waals surface area contributed by atoms with Gasteiger partial charge in [0, 0.05) is 19.8 Å². The van der Waals surface area contributed by atoms with Crippen molar-refractivity contribution in [1.29, 1.82) is 0 Å². The van der Waals surface area contributed by atoms with E-state index in [1.165, 1.54) is 7.11 Å². The van der Waals surface area contributed by atoms with E-state index in [0.29, 0.717) is 32.0 Å². The number of carbonyl (C=O) groups is 2. The molecule has 0 radical (unpaired) electrons. The Morgan fingerprint density at radius 1 is 1.00 bits per heavy atom. The van der Waals surface area contributed by atoms with E-state index in [-0.39, 0.29) is 11.3 Å². The van der Waals surface area contributed by atoms with Crippen LogP contribution < -0.4 is 5.32 Å². The lowest BCUT2D eigenvalue weighted by Gasteiger charge is -2.36. The highest BCUT2D eigenvalue weighted by molar-refractivity contribution is 5.94. The summed E-state index contributed by atoms with van der Waals surface area (Å²) in [5.41, 5.74) is -0.592. The van der Waals surface area contributed by atoms with E-state index in [1.807, 2.05) is 13.8 Å². The Hall–Kier alpha value is -1.94. The second-order valence-corrected chi connectivity index (χ2v) is 11.4. The van der Waals surface area contributed by atoms with Crippen molar-refractivity contribution in [2.24, 2.45) is 0 Å². The fourth-order valence-corrected chi connectivity index (χ4v) is 4.62. The fraction of sp³-hybridized carbons (Fsp3) is 0.806. The van der Waals surface area contributed by atoms with Crippen molar-refractivity contribution in [2.45, 2.75) is 130 Å². The van der Waals surface area contributed by atoms with Gasteiger partial charge in [-0.2, -0.15) is 0 Å². The molecule has 0 saturated carbocycles. The second-order valence-electron chi connectivity index (χ2n) is 11.4. The van der Waals surface area contributed by atoms with Crippen LogP contribution in [-0.4, -0.2) is 75.1 Å². The van der Waals surface area contributed by atoms with Gasteiger partial charge in [0.25, 0.3) is 0 Å². The number of methoxy groups -OCH3 is 1. The molecule has 40 heavy (non-hydrogen) atoms. The van der Waals surface area contributed by atoms with E-state index in [9.17, 15) is 9.59 Å². The van der Waals surface area contributed by atoms with Crippen molar-refractivity contribution >= 4 is 12.1 Å². The third-order valence-corrected chi connectivity index (χ3v) is 6.74. The molecule has 1 heterocycles. The number of esters is 1. The standard InChI is InChI=1S/C31H55NO8/c1-11-15-18-36-21-24-27(37-19-16-12-2)31(9,38-20-17-13-3)26(39-24)22(5)25(23(14-4)28(33)35-10)32-29(34)40-30(6,7)8/h14,24,26-27H,11-13,15-21H2,1-10H3,(H,32,34)/b23-14+,25-22-/t24-,26+,27-,31+/m1/s1. The third-order valence-electron chi connectivity index (χ3n) is 6.74. The van der Waals surface area contributed by atoms with Crippen LogP contribution in [0, 0.1) is 0 Å². The van der Waals surface area contributed by atoms with Crippen molar-refractivity contribution in [1.82, 2.24) is 5.32 Å². The summed E-state index contributed by atoms with van der Waals surface area (Å²) >= 11 is 0. The van der Waals surface area contributed by atoms with Crippen molar-refractivity contribution in [3.8, 4) is 0 Å². The molecule has 1 aliphatic rings. The van der Waals surface area contributed by atoms with Crippen LogP contribution in [0.1, 0.15) is 101 Å². The van der Waals surface area contributed by atoms with Gasteiger partial charge in [-0.05, 0) is 66.4 Å². The lowest BCUT2D eigenvalue weighted by Crippen LogP contribution is -2.51. The van der Waals surface area contributed by atoms with Crippen LogP contribution in [0.25, 0.3) is 0 Å². The average molecular weight is 570 g/mol. The zero-order chi connectivity index (χ0) is 30.3. The number of alkyl carbamates (subject to hydrolysis) is 1. The van der Waals surface area contributed by atoms with Gasteiger partial charge in [-0.3, -0.25) is 5.32 Å². The molecule has 9 heteroatoms. The van der Waals surface area contributed by atoms with Gasteiger partial charge >= 0.3 is 12.1 Å². The normalized spacial score (nSPS) is 24.1. The highest BCUT2D eigenvalue weighted by atomic mass is 16.6. The summed E-state index contributed by atoms with van der Waals surface area (Å²) in [7, 11) is 1.30. The topological polar surface area (TPSA) is 102 Å². The summed E-state index contributed by atoms with van der Waals surface area (Å²) in [4.78, 5) is 25.7. The minimum atomic E-state index is -0.915. The van der Waals surface area contributed by atoms with E-state index in [0.717, 1.165) is 38.5 Å². The van der Waals surface area contributed by atoms with Crippen LogP contribution in [0.4, 0.5) is 4.79 Å². The molecule has 1 amide bonds. The molecule has 1 fully saturated rings. The van der Waals surface area contributed by atoms with Gasteiger partial charge in [0.15, 0.2) is 0 Å². The molecule has 0 aromatic carbocycles. The summed E-state index contributed by atoms with van der Waals surface area (Å²) in [6.45, 7) is 19.2. The molecule has 1 saturated heterocycles. The molecule has 0 aromatic heterocycles.